The summed E-state index contributed by atoms with van der Waals surface area (Å²) in [6.07, 6.45) is 7.77. The number of nitrogen functional groups attached to an aromatic ring is 1. The van der Waals surface area contributed by atoms with Crippen LogP contribution < -0.4 is 5.73 Å². The molecule has 23 heavy (non-hydrogen) atoms. The van der Waals surface area contributed by atoms with Crippen LogP contribution in [0.3, 0.4) is 0 Å². The highest BCUT2D eigenvalue weighted by molar-refractivity contribution is 5.75. The lowest BCUT2D eigenvalue weighted by Gasteiger charge is -2.13. The van der Waals surface area contributed by atoms with Gasteiger partial charge in [0, 0.05) is 29.6 Å². The zero-order valence-corrected chi connectivity index (χ0v) is 12.5. The number of hydrogen-bond donors (Lipinski definition) is 1. The molecule has 0 saturated heterocycles. The molecule has 0 aromatic carbocycles. The fourth-order valence-electron chi connectivity index (χ4n) is 2.81. The van der Waals surface area contributed by atoms with Crippen molar-refractivity contribution in [1.29, 1.82) is 5.26 Å². The minimum atomic E-state index is 0.311. The van der Waals surface area contributed by atoms with Gasteiger partial charge in [-0.2, -0.15) is 5.26 Å². The molecular weight excluding hydrogens is 286 g/mol. The van der Waals surface area contributed by atoms with E-state index in [0.29, 0.717) is 17.3 Å². The highest BCUT2D eigenvalue weighted by Crippen LogP contribution is 2.41. The van der Waals surface area contributed by atoms with Gasteiger partial charge >= 0.3 is 0 Å². The lowest BCUT2D eigenvalue weighted by atomic mass is 10.0. The molecule has 0 radical (unpaired) electrons. The van der Waals surface area contributed by atoms with Crippen molar-refractivity contribution in [3.8, 4) is 23.0 Å². The van der Waals surface area contributed by atoms with E-state index < -0.39 is 0 Å². The first-order valence-corrected chi connectivity index (χ1v) is 7.56. The van der Waals surface area contributed by atoms with Crippen molar-refractivity contribution >= 4 is 5.82 Å². The van der Waals surface area contributed by atoms with Gasteiger partial charge in [0.25, 0.3) is 0 Å². The molecule has 0 atom stereocenters. The molecule has 3 aromatic heterocycles. The van der Waals surface area contributed by atoms with Crippen molar-refractivity contribution in [2.75, 3.05) is 5.73 Å². The van der Waals surface area contributed by atoms with E-state index in [1.807, 2.05) is 41.1 Å². The van der Waals surface area contributed by atoms with Crippen molar-refractivity contribution in [2.24, 2.45) is 0 Å². The van der Waals surface area contributed by atoms with Crippen molar-refractivity contribution < 1.29 is 0 Å². The van der Waals surface area contributed by atoms with E-state index in [0.717, 1.165) is 35.5 Å². The number of hydrogen-bond acceptors (Lipinski definition) is 4. The Balaban J connectivity index is 1.92. The third kappa shape index (κ3) is 2.34. The molecule has 3 aromatic rings. The van der Waals surface area contributed by atoms with Gasteiger partial charge in [-0.15, -0.1) is 0 Å². The summed E-state index contributed by atoms with van der Waals surface area (Å²) in [5.74, 6) is 0.788. The zero-order chi connectivity index (χ0) is 15.8. The van der Waals surface area contributed by atoms with E-state index in [1.165, 1.54) is 0 Å². The van der Waals surface area contributed by atoms with Gasteiger partial charge in [0.2, 0.25) is 0 Å². The quantitative estimate of drug-likeness (QED) is 0.805. The van der Waals surface area contributed by atoms with Gasteiger partial charge in [0.05, 0.1) is 17.6 Å². The van der Waals surface area contributed by atoms with Gasteiger partial charge < -0.3 is 10.3 Å². The van der Waals surface area contributed by atoms with Crippen LogP contribution in [0.15, 0.2) is 48.9 Å². The van der Waals surface area contributed by atoms with E-state index in [9.17, 15) is 5.26 Å². The van der Waals surface area contributed by atoms with Crippen LogP contribution in [0.1, 0.15) is 30.0 Å². The third-order valence-electron chi connectivity index (χ3n) is 4.12. The zero-order valence-electron chi connectivity index (χ0n) is 12.5. The maximum Gasteiger partial charge on any atom is 0.142 e. The van der Waals surface area contributed by atoms with E-state index >= 15 is 0 Å². The van der Waals surface area contributed by atoms with Crippen LogP contribution in [0.2, 0.25) is 0 Å². The molecule has 0 spiro atoms. The molecule has 0 aliphatic heterocycles. The predicted molar refractivity (Wildman–Crippen MR) is 87.9 cm³/mol. The Bertz CT molecular complexity index is 901. The molecule has 0 unspecified atom stereocenters. The van der Waals surface area contributed by atoms with E-state index in [1.54, 1.807) is 12.4 Å². The molecule has 3 heterocycles. The first-order valence-electron chi connectivity index (χ1n) is 7.56. The van der Waals surface area contributed by atoms with Crippen LogP contribution in [0, 0.1) is 11.3 Å². The monoisotopic (exact) mass is 301 g/mol. The maximum atomic E-state index is 9.51. The minimum Gasteiger partial charge on any atom is -0.383 e. The summed E-state index contributed by atoms with van der Waals surface area (Å²) in [4.78, 5) is 8.58. The molecule has 112 valence electrons. The Morgan fingerprint density at radius 2 is 2.13 bits per heavy atom. The summed E-state index contributed by atoms with van der Waals surface area (Å²) in [5.41, 5.74) is 10.1. The molecule has 1 aliphatic rings. The van der Waals surface area contributed by atoms with Crippen molar-refractivity contribution in [3.05, 3.63) is 60.2 Å². The van der Waals surface area contributed by atoms with Crippen LogP contribution in [-0.2, 0) is 0 Å². The molecule has 1 saturated carbocycles. The van der Waals surface area contributed by atoms with E-state index in [-0.39, 0.29) is 0 Å². The smallest absolute Gasteiger partial charge is 0.142 e. The van der Waals surface area contributed by atoms with Gasteiger partial charge in [-0.1, -0.05) is 0 Å². The normalized spacial score (nSPS) is 13.7. The molecule has 1 fully saturated rings. The van der Waals surface area contributed by atoms with E-state index in [2.05, 4.69) is 16.0 Å². The van der Waals surface area contributed by atoms with Crippen molar-refractivity contribution in [1.82, 2.24) is 14.5 Å². The number of nitrogens with two attached hydrogens (primary N) is 1. The largest absolute Gasteiger partial charge is 0.383 e. The molecule has 1 aliphatic carbocycles. The number of rotatable bonds is 3. The lowest BCUT2D eigenvalue weighted by molar-refractivity contribution is 1.02. The molecule has 4 rings (SSSR count). The second-order valence-electron chi connectivity index (χ2n) is 5.72. The average molecular weight is 301 g/mol. The number of nitrogens with zero attached hydrogens (tertiary/aromatic N) is 4. The number of nitriles is 1. The second-order valence-corrected chi connectivity index (χ2v) is 5.72. The van der Waals surface area contributed by atoms with Gasteiger partial charge in [-0.25, -0.2) is 4.98 Å². The van der Waals surface area contributed by atoms with Gasteiger partial charge in [-0.05, 0) is 43.2 Å². The fourth-order valence-corrected chi connectivity index (χ4v) is 2.81. The summed E-state index contributed by atoms with van der Waals surface area (Å²) >= 11 is 0. The molecule has 0 amide bonds. The second kappa shape index (κ2) is 5.25. The summed E-state index contributed by atoms with van der Waals surface area (Å²) in [6.45, 7) is 0. The highest BCUT2D eigenvalue weighted by Gasteiger charge is 2.27. The van der Waals surface area contributed by atoms with Crippen LogP contribution >= 0.6 is 0 Å². The Kier molecular flexibility index (Phi) is 3.09. The van der Waals surface area contributed by atoms with Crippen LogP contribution in [0.5, 0.6) is 0 Å². The molecule has 5 heteroatoms. The van der Waals surface area contributed by atoms with Gasteiger partial charge in [0.15, 0.2) is 0 Å². The highest BCUT2D eigenvalue weighted by atomic mass is 15.0. The number of pyridine rings is 2. The lowest BCUT2D eigenvalue weighted by Crippen LogP contribution is -2.03. The molecule has 0 bridgehead atoms. The Hall–Kier alpha value is -3.13. The van der Waals surface area contributed by atoms with Gasteiger partial charge in [-0.3, -0.25) is 4.98 Å². The first-order chi connectivity index (χ1) is 11.3. The summed E-state index contributed by atoms with van der Waals surface area (Å²) in [7, 11) is 0. The SMILES string of the molecule is N#Cc1c(-c2cccn2-c2cccnc2)cc(C2CC2)nc1N. The third-order valence-corrected chi connectivity index (χ3v) is 4.12. The van der Waals surface area contributed by atoms with Crippen LogP contribution in [-0.4, -0.2) is 14.5 Å². The Morgan fingerprint density at radius 3 is 2.83 bits per heavy atom. The standard InChI is InChI=1S/C18H15N5/c19-10-15-14(9-16(12-5-6-12)22-18(15)20)17-4-2-8-23(17)13-3-1-7-21-11-13/h1-4,7-9,11-12H,5-6H2,(H2,20,22). The molecular formula is C18H15N5. The minimum absolute atomic E-state index is 0.311. The number of anilines is 1. The van der Waals surface area contributed by atoms with Crippen LogP contribution in [0.25, 0.3) is 16.9 Å². The fraction of sp³-hybridized carbons (Fsp3) is 0.167. The van der Waals surface area contributed by atoms with Crippen molar-refractivity contribution in [2.45, 2.75) is 18.8 Å². The first kappa shape index (κ1) is 13.5. The summed E-state index contributed by atoms with van der Waals surface area (Å²) in [5, 5.41) is 9.51. The predicted octanol–water partition coefficient (Wildman–Crippen LogP) is 3.27. The summed E-state index contributed by atoms with van der Waals surface area (Å²) in [6, 6.07) is 12.0. The number of aromatic nitrogens is 3. The van der Waals surface area contributed by atoms with Gasteiger partial charge in [0.1, 0.15) is 17.5 Å². The van der Waals surface area contributed by atoms with Crippen molar-refractivity contribution in [3.63, 3.8) is 0 Å². The molecule has 2 N–H and O–H groups in total. The maximum absolute atomic E-state index is 9.51. The molecule has 5 nitrogen and oxygen atoms in total. The Labute approximate surface area is 134 Å². The topological polar surface area (TPSA) is 80.5 Å². The van der Waals surface area contributed by atoms with E-state index in [4.69, 9.17) is 5.73 Å². The van der Waals surface area contributed by atoms with Crippen LogP contribution in [0.4, 0.5) is 5.82 Å². The summed E-state index contributed by atoms with van der Waals surface area (Å²) < 4.78 is 2.01. The Morgan fingerprint density at radius 1 is 1.26 bits per heavy atom. The average Bonchev–Trinajstić information content (AvgIpc) is 3.32.